The second-order valence-corrected chi connectivity index (χ2v) is 6.48. The molecule has 1 aromatic heterocycles. The van der Waals surface area contributed by atoms with Crippen LogP contribution in [0.4, 0.5) is 0 Å². The lowest BCUT2D eigenvalue weighted by Crippen LogP contribution is -2.43. The molecule has 4 nitrogen and oxygen atoms in total. The highest BCUT2D eigenvalue weighted by molar-refractivity contribution is 8.26. The van der Waals surface area contributed by atoms with Crippen molar-refractivity contribution in [2.24, 2.45) is 0 Å². The zero-order valence-electron chi connectivity index (χ0n) is 10.0. The summed E-state index contributed by atoms with van der Waals surface area (Å²) in [4.78, 5) is 26.0. The lowest BCUT2D eigenvalue weighted by Gasteiger charge is -2.21. The number of thiocarbonyl (C=S) groups is 1. The van der Waals surface area contributed by atoms with E-state index in [9.17, 15) is 9.59 Å². The number of carbonyl (C=O) groups excluding carboxylic acids is 1. The number of carbonyl (C=O) groups is 2. The molecule has 1 atom stereocenters. The number of thiophene rings is 1. The maximum atomic E-state index is 12.2. The van der Waals surface area contributed by atoms with Gasteiger partial charge in [0.15, 0.2) is 0 Å². The minimum atomic E-state index is -1.03. The highest BCUT2D eigenvalue weighted by atomic mass is 32.2. The van der Waals surface area contributed by atoms with Gasteiger partial charge in [-0.05, 0) is 23.9 Å². The van der Waals surface area contributed by atoms with Crippen molar-refractivity contribution in [2.45, 2.75) is 19.4 Å². The third-order valence-corrected chi connectivity index (χ3v) is 4.77. The zero-order valence-corrected chi connectivity index (χ0v) is 12.5. The summed E-state index contributed by atoms with van der Waals surface area (Å²) < 4.78 is 0.307. The second kappa shape index (κ2) is 5.85. The molecule has 19 heavy (non-hydrogen) atoms. The SMILES string of the molecule is CC[C@H](C(=O)O)N1C(=O)/C(=C/c2cccs2)SC1=S. The molecule has 1 fully saturated rings. The van der Waals surface area contributed by atoms with E-state index in [1.165, 1.54) is 16.2 Å². The average Bonchev–Trinajstić information content (AvgIpc) is 2.94. The first kappa shape index (κ1) is 14.2. The molecule has 1 aromatic rings. The standard InChI is InChI=1S/C12H11NO3S3/c1-2-8(11(15)16)13-10(14)9(19-12(13)17)6-7-4-3-5-18-7/h3-6,8H,2H2,1H3,(H,15,16)/b9-6-/t8-/m1/s1. The molecular weight excluding hydrogens is 302 g/mol. The van der Waals surface area contributed by atoms with Crippen LogP contribution in [0.2, 0.25) is 0 Å². The van der Waals surface area contributed by atoms with E-state index < -0.39 is 12.0 Å². The summed E-state index contributed by atoms with van der Waals surface area (Å²) in [6, 6.07) is 2.90. The van der Waals surface area contributed by atoms with Gasteiger partial charge in [-0.3, -0.25) is 9.69 Å². The second-order valence-electron chi connectivity index (χ2n) is 3.83. The Bertz CT molecular complexity index is 551. The van der Waals surface area contributed by atoms with Crippen molar-refractivity contribution in [3.05, 3.63) is 27.3 Å². The van der Waals surface area contributed by atoms with Gasteiger partial charge >= 0.3 is 5.97 Å². The number of amides is 1. The monoisotopic (exact) mass is 313 g/mol. The van der Waals surface area contributed by atoms with E-state index in [0.717, 1.165) is 16.6 Å². The molecule has 100 valence electrons. The molecule has 1 amide bonds. The molecule has 1 N–H and O–H groups in total. The predicted octanol–water partition coefficient (Wildman–Crippen LogP) is 2.81. The van der Waals surface area contributed by atoms with Gasteiger partial charge in [-0.25, -0.2) is 4.79 Å². The van der Waals surface area contributed by atoms with Crippen LogP contribution in [-0.2, 0) is 9.59 Å². The maximum absolute atomic E-state index is 12.2. The van der Waals surface area contributed by atoms with Gasteiger partial charge in [-0.15, -0.1) is 11.3 Å². The lowest BCUT2D eigenvalue weighted by atomic mass is 10.2. The molecule has 0 radical (unpaired) electrons. The fraction of sp³-hybridized carbons (Fsp3) is 0.250. The molecule has 0 spiro atoms. The number of hydrogen-bond acceptors (Lipinski definition) is 5. The molecule has 7 heteroatoms. The Morgan fingerprint density at radius 3 is 2.89 bits per heavy atom. The molecule has 1 saturated heterocycles. The number of thioether (sulfide) groups is 1. The van der Waals surface area contributed by atoms with E-state index in [2.05, 4.69) is 0 Å². The molecule has 0 bridgehead atoms. The minimum absolute atomic E-state index is 0.307. The molecule has 0 saturated carbocycles. The van der Waals surface area contributed by atoms with Crippen LogP contribution in [0.25, 0.3) is 6.08 Å². The molecule has 1 aliphatic rings. The highest BCUT2D eigenvalue weighted by Crippen LogP contribution is 2.35. The molecule has 1 aliphatic heterocycles. The number of hydrogen-bond donors (Lipinski definition) is 1. The summed E-state index contributed by atoms with van der Waals surface area (Å²) in [6.07, 6.45) is 2.08. The van der Waals surface area contributed by atoms with E-state index in [1.54, 1.807) is 13.0 Å². The normalized spacial score (nSPS) is 19.2. The van der Waals surface area contributed by atoms with Crippen molar-refractivity contribution in [3.63, 3.8) is 0 Å². The number of carboxylic acids is 1. The third-order valence-electron chi connectivity index (χ3n) is 2.62. The molecule has 2 heterocycles. The van der Waals surface area contributed by atoms with Crippen LogP contribution in [0.3, 0.4) is 0 Å². The number of carboxylic acid groups (broad SMARTS) is 1. The number of aliphatic carboxylic acids is 1. The fourth-order valence-corrected chi connectivity index (χ4v) is 3.80. The Balaban J connectivity index is 2.28. The van der Waals surface area contributed by atoms with E-state index in [4.69, 9.17) is 17.3 Å². The van der Waals surface area contributed by atoms with Gasteiger partial charge in [0.05, 0.1) is 4.91 Å². The molecular formula is C12H11NO3S3. The van der Waals surface area contributed by atoms with Crippen LogP contribution >= 0.6 is 35.3 Å². The average molecular weight is 313 g/mol. The smallest absolute Gasteiger partial charge is 0.326 e. The van der Waals surface area contributed by atoms with Crippen molar-refractivity contribution in [1.29, 1.82) is 0 Å². The van der Waals surface area contributed by atoms with Crippen molar-refractivity contribution in [2.75, 3.05) is 0 Å². The highest BCUT2D eigenvalue weighted by Gasteiger charge is 2.39. The summed E-state index contributed by atoms with van der Waals surface area (Å²) in [5, 5.41) is 11.0. The van der Waals surface area contributed by atoms with Crippen LogP contribution < -0.4 is 0 Å². The largest absolute Gasteiger partial charge is 0.480 e. The predicted molar refractivity (Wildman–Crippen MR) is 81.0 cm³/mol. The summed E-state index contributed by atoms with van der Waals surface area (Å²) in [6.45, 7) is 1.72. The summed E-state index contributed by atoms with van der Waals surface area (Å²) >= 11 is 7.79. The maximum Gasteiger partial charge on any atom is 0.326 e. The Morgan fingerprint density at radius 1 is 1.63 bits per heavy atom. The van der Waals surface area contributed by atoms with Crippen molar-refractivity contribution in [3.8, 4) is 0 Å². The third kappa shape index (κ3) is 2.88. The van der Waals surface area contributed by atoms with Gasteiger partial charge in [-0.1, -0.05) is 37.0 Å². The summed E-state index contributed by atoms with van der Waals surface area (Å²) in [5.74, 6) is -1.35. The van der Waals surface area contributed by atoms with Crippen molar-refractivity contribution < 1.29 is 14.7 Å². The van der Waals surface area contributed by atoms with E-state index >= 15 is 0 Å². The Labute approximate surface area is 124 Å². The van der Waals surface area contributed by atoms with E-state index in [0.29, 0.717) is 15.6 Å². The van der Waals surface area contributed by atoms with Crippen LogP contribution in [0, 0.1) is 0 Å². The van der Waals surface area contributed by atoms with Crippen LogP contribution in [-0.4, -0.2) is 32.2 Å². The van der Waals surface area contributed by atoms with E-state index in [-0.39, 0.29) is 5.91 Å². The van der Waals surface area contributed by atoms with Crippen LogP contribution in [0.15, 0.2) is 22.4 Å². The lowest BCUT2D eigenvalue weighted by molar-refractivity contribution is -0.145. The first-order valence-electron chi connectivity index (χ1n) is 5.58. The van der Waals surface area contributed by atoms with Crippen molar-refractivity contribution in [1.82, 2.24) is 4.90 Å². The quantitative estimate of drug-likeness (QED) is 0.684. The van der Waals surface area contributed by atoms with Gasteiger partial charge in [0.2, 0.25) is 0 Å². The Kier molecular flexibility index (Phi) is 4.38. The van der Waals surface area contributed by atoms with Gasteiger partial charge < -0.3 is 5.11 Å². The van der Waals surface area contributed by atoms with E-state index in [1.807, 2.05) is 17.5 Å². The molecule has 0 aliphatic carbocycles. The Morgan fingerprint density at radius 2 is 2.37 bits per heavy atom. The number of rotatable bonds is 4. The Hall–Kier alpha value is -1.18. The zero-order chi connectivity index (χ0) is 14.0. The fourth-order valence-electron chi connectivity index (χ4n) is 1.72. The topological polar surface area (TPSA) is 57.6 Å². The van der Waals surface area contributed by atoms with Gasteiger partial charge in [0, 0.05) is 4.88 Å². The first-order chi connectivity index (χ1) is 9.04. The summed E-state index contributed by atoms with van der Waals surface area (Å²) in [7, 11) is 0. The minimum Gasteiger partial charge on any atom is -0.480 e. The summed E-state index contributed by atoms with van der Waals surface area (Å²) in [5.41, 5.74) is 0. The molecule has 0 unspecified atom stereocenters. The first-order valence-corrected chi connectivity index (χ1v) is 7.68. The van der Waals surface area contributed by atoms with Gasteiger partial charge in [-0.2, -0.15) is 0 Å². The van der Waals surface area contributed by atoms with Crippen LogP contribution in [0.1, 0.15) is 18.2 Å². The van der Waals surface area contributed by atoms with Crippen molar-refractivity contribution >= 4 is 57.6 Å². The van der Waals surface area contributed by atoms with Gasteiger partial charge in [0.25, 0.3) is 5.91 Å². The molecule has 2 rings (SSSR count). The van der Waals surface area contributed by atoms with Gasteiger partial charge in [0.1, 0.15) is 10.4 Å². The molecule has 0 aromatic carbocycles. The number of nitrogens with zero attached hydrogens (tertiary/aromatic N) is 1. The van der Waals surface area contributed by atoms with Crippen LogP contribution in [0.5, 0.6) is 0 Å².